The van der Waals surface area contributed by atoms with Crippen LogP contribution in [0.3, 0.4) is 0 Å². The van der Waals surface area contributed by atoms with Gasteiger partial charge in [0, 0.05) is 24.1 Å². The lowest BCUT2D eigenvalue weighted by atomic mass is 9.96. The average Bonchev–Trinajstić information content (AvgIpc) is 2.40. The summed E-state index contributed by atoms with van der Waals surface area (Å²) >= 11 is 2.23. The lowest BCUT2D eigenvalue weighted by Gasteiger charge is -2.21. The van der Waals surface area contributed by atoms with E-state index in [4.69, 9.17) is 4.74 Å². The molecule has 1 aromatic rings. The van der Waals surface area contributed by atoms with Gasteiger partial charge in [-0.1, -0.05) is 41.0 Å². The quantitative estimate of drug-likeness (QED) is 0.546. The SMILES string of the molecule is O=c1nc(OCCSI)ccn1C1CCCCCCC1. The highest BCUT2D eigenvalue weighted by Gasteiger charge is 2.15. The highest BCUT2D eigenvalue weighted by molar-refractivity contribution is 14.2. The van der Waals surface area contributed by atoms with Crippen LogP contribution in [0, 0.1) is 0 Å². The van der Waals surface area contributed by atoms with Crippen LogP contribution in [0.25, 0.3) is 0 Å². The minimum absolute atomic E-state index is 0.171. The summed E-state index contributed by atoms with van der Waals surface area (Å²) in [6.07, 6.45) is 10.4. The third-order valence-electron chi connectivity index (χ3n) is 3.68. The molecule has 112 valence electrons. The van der Waals surface area contributed by atoms with Crippen LogP contribution >= 0.6 is 30.1 Å². The van der Waals surface area contributed by atoms with Crippen molar-refractivity contribution < 1.29 is 4.74 Å². The molecule has 6 heteroatoms. The number of hydrogen-bond donors (Lipinski definition) is 0. The molecule has 0 N–H and O–H groups in total. The van der Waals surface area contributed by atoms with Crippen molar-refractivity contribution in [2.45, 2.75) is 51.0 Å². The first kappa shape index (κ1) is 16.1. The number of aromatic nitrogens is 2. The summed E-state index contributed by atoms with van der Waals surface area (Å²) in [5, 5.41) is 0. The third kappa shape index (κ3) is 4.95. The summed E-state index contributed by atoms with van der Waals surface area (Å²) in [5.74, 6) is 1.34. The first-order valence-electron chi connectivity index (χ1n) is 7.27. The van der Waals surface area contributed by atoms with Crippen LogP contribution < -0.4 is 10.4 Å². The zero-order valence-corrected chi connectivity index (χ0v) is 14.6. The molecule has 1 aliphatic carbocycles. The maximum absolute atomic E-state index is 12.1. The van der Waals surface area contributed by atoms with E-state index in [9.17, 15) is 4.79 Å². The number of halogens is 1. The van der Waals surface area contributed by atoms with Crippen LogP contribution in [0.15, 0.2) is 17.1 Å². The van der Waals surface area contributed by atoms with E-state index < -0.39 is 0 Å². The minimum atomic E-state index is -0.171. The molecule has 2 rings (SSSR count). The average molecular weight is 408 g/mol. The second-order valence-electron chi connectivity index (χ2n) is 5.12. The van der Waals surface area contributed by atoms with Gasteiger partial charge < -0.3 is 4.74 Å². The monoisotopic (exact) mass is 408 g/mol. The molecule has 0 aromatic carbocycles. The summed E-state index contributed by atoms with van der Waals surface area (Å²) in [7, 11) is 1.69. The predicted octanol–water partition coefficient (Wildman–Crippen LogP) is 3.99. The van der Waals surface area contributed by atoms with Gasteiger partial charge in [-0.2, -0.15) is 4.98 Å². The van der Waals surface area contributed by atoms with Crippen molar-refractivity contribution in [2.75, 3.05) is 12.4 Å². The lowest BCUT2D eigenvalue weighted by Crippen LogP contribution is -2.27. The molecule has 0 atom stereocenters. The van der Waals surface area contributed by atoms with Crippen molar-refractivity contribution in [3.63, 3.8) is 0 Å². The molecule has 0 saturated heterocycles. The molecule has 1 aromatic heterocycles. The molecule has 20 heavy (non-hydrogen) atoms. The number of nitrogens with zero attached hydrogens (tertiary/aromatic N) is 2. The Labute approximate surface area is 136 Å². The number of ether oxygens (including phenoxy) is 1. The molecule has 0 spiro atoms. The van der Waals surface area contributed by atoms with Crippen LogP contribution in [-0.4, -0.2) is 21.9 Å². The maximum Gasteiger partial charge on any atom is 0.351 e. The fraction of sp³-hybridized carbons (Fsp3) is 0.714. The Bertz CT molecular complexity index is 459. The molecule has 1 heterocycles. The molecule has 1 saturated carbocycles. The van der Waals surface area contributed by atoms with Gasteiger partial charge >= 0.3 is 5.69 Å². The summed E-state index contributed by atoms with van der Waals surface area (Å²) in [5.41, 5.74) is -0.171. The highest BCUT2D eigenvalue weighted by Crippen LogP contribution is 2.25. The molecule has 0 bridgehead atoms. The van der Waals surface area contributed by atoms with E-state index in [1.165, 1.54) is 32.1 Å². The second-order valence-corrected chi connectivity index (χ2v) is 7.61. The predicted molar refractivity (Wildman–Crippen MR) is 91.8 cm³/mol. The van der Waals surface area contributed by atoms with E-state index in [1.807, 2.05) is 12.3 Å². The Morgan fingerprint density at radius 2 is 2.00 bits per heavy atom. The normalized spacial score (nSPS) is 17.4. The van der Waals surface area contributed by atoms with Crippen molar-refractivity contribution in [2.24, 2.45) is 0 Å². The van der Waals surface area contributed by atoms with Gasteiger partial charge in [0.1, 0.15) is 0 Å². The molecule has 1 fully saturated rings. The number of rotatable bonds is 5. The Morgan fingerprint density at radius 1 is 1.30 bits per heavy atom. The molecule has 1 aliphatic rings. The van der Waals surface area contributed by atoms with Gasteiger partial charge in [-0.25, -0.2) is 4.79 Å². The molecular formula is C14H21IN2O2S. The first-order chi connectivity index (χ1) is 9.81. The van der Waals surface area contributed by atoms with Gasteiger partial charge in [0.15, 0.2) is 0 Å². The van der Waals surface area contributed by atoms with Crippen LogP contribution in [0.5, 0.6) is 5.88 Å². The minimum Gasteiger partial charge on any atom is -0.477 e. The highest BCUT2D eigenvalue weighted by atomic mass is 127. The molecular weight excluding hydrogens is 387 g/mol. The van der Waals surface area contributed by atoms with Gasteiger partial charge in [-0.3, -0.25) is 4.57 Å². The van der Waals surface area contributed by atoms with E-state index >= 15 is 0 Å². The Hall–Kier alpha value is -0.240. The summed E-state index contributed by atoms with van der Waals surface area (Å²) in [6, 6.07) is 2.13. The number of hydrogen-bond acceptors (Lipinski definition) is 4. The molecule has 0 radical (unpaired) electrons. The fourth-order valence-electron chi connectivity index (χ4n) is 2.65. The lowest BCUT2D eigenvalue weighted by molar-refractivity contribution is 0.319. The van der Waals surface area contributed by atoms with Crippen molar-refractivity contribution in [3.8, 4) is 5.88 Å². The van der Waals surface area contributed by atoms with Crippen molar-refractivity contribution >= 4 is 30.1 Å². The molecule has 0 amide bonds. The summed E-state index contributed by atoms with van der Waals surface area (Å²) in [4.78, 5) is 16.2. The fourth-order valence-corrected chi connectivity index (χ4v) is 3.33. The smallest absolute Gasteiger partial charge is 0.351 e. The van der Waals surface area contributed by atoms with E-state index in [2.05, 4.69) is 26.2 Å². The van der Waals surface area contributed by atoms with E-state index in [1.54, 1.807) is 13.5 Å². The van der Waals surface area contributed by atoms with Gasteiger partial charge in [0.2, 0.25) is 5.88 Å². The van der Waals surface area contributed by atoms with Crippen molar-refractivity contribution in [3.05, 3.63) is 22.7 Å². The summed E-state index contributed by atoms with van der Waals surface area (Å²) in [6.45, 7) is 0.591. The molecule has 0 unspecified atom stereocenters. The Kier molecular flexibility index (Phi) is 7.19. The van der Waals surface area contributed by atoms with E-state index in [0.29, 0.717) is 18.5 Å². The van der Waals surface area contributed by atoms with Crippen LogP contribution in [0.1, 0.15) is 51.0 Å². The van der Waals surface area contributed by atoms with Gasteiger partial charge in [0.05, 0.1) is 6.61 Å². The maximum atomic E-state index is 12.1. The van der Waals surface area contributed by atoms with Crippen LogP contribution in [0.4, 0.5) is 0 Å². The van der Waals surface area contributed by atoms with Crippen molar-refractivity contribution in [1.82, 2.24) is 9.55 Å². The second kappa shape index (κ2) is 8.92. The van der Waals surface area contributed by atoms with Crippen LogP contribution in [-0.2, 0) is 0 Å². The van der Waals surface area contributed by atoms with Crippen LogP contribution in [0.2, 0.25) is 0 Å². The zero-order chi connectivity index (χ0) is 14.2. The van der Waals surface area contributed by atoms with Gasteiger partial charge in [-0.15, -0.1) is 0 Å². The molecule has 0 aliphatic heterocycles. The van der Waals surface area contributed by atoms with Crippen molar-refractivity contribution in [1.29, 1.82) is 0 Å². The summed E-state index contributed by atoms with van der Waals surface area (Å²) < 4.78 is 7.26. The Morgan fingerprint density at radius 3 is 2.65 bits per heavy atom. The van der Waals surface area contributed by atoms with E-state index in [0.717, 1.165) is 18.6 Å². The van der Waals surface area contributed by atoms with E-state index in [-0.39, 0.29) is 5.69 Å². The Balaban J connectivity index is 2.02. The third-order valence-corrected chi connectivity index (χ3v) is 5.33. The molecule has 4 nitrogen and oxygen atoms in total. The zero-order valence-electron chi connectivity index (χ0n) is 11.6. The standard InChI is InChI=1S/C14H21IN2O2S/c15-20-11-10-19-13-8-9-17(14(18)16-13)12-6-4-2-1-3-5-7-12/h8-9,12H,1-7,10-11H2. The van der Waals surface area contributed by atoms with Gasteiger partial charge in [-0.05, 0) is 34.0 Å². The largest absolute Gasteiger partial charge is 0.477 e. The van der Waals surface area contributed by atoms with Gasteiger partial charge in [0.25, 0.3) is 0 Å². The first-order valence-corrected chi connectivity index (χ1v) is 10.8. The topological polar surface area (TPSA) is 44.1 Å².